The molecule has 36 heavy (non-hydrogen) atoms. The number of hydrogen-bond acceptors (Lipinski definition) is 7. The lowest BCUT2D eigenvalue weighted by atomic mass is 9.95. The molecule has 1 rings (SSSR count). The Morgan fingerprint density at radius 1 is 1.11 bits per heavy atom. The van der Waals surface area contributed by atoms with Gasteiger partial charge >= 0.3 is 12.1 Å². The van der Waals surface area contributed by atoms with E-state index >= 15 is 0 Å². The molecule has 3 amide bonds. The third-order valence-corrected chi connectivity index (χ3v) is 5.62. The number of amides is 3. The minimum atomic E-state index is -1.14. The lowest BCUT2D eigenvalue weighted by Gasteiger charge is -2.39. The lowest BCUT2D eigenvalue weighted by molar-refractivity contribution is -0.147. The average molecular weight is 508 g/mol. The summed E-state index contributed by atoms with van der Waals surface area (Å²) in [5.41, 5.74) is 0.202. The Kier molecular flexibility index (Phi) is 11.2. The van der Waals surface area contributed by atoms with Gasteiger partial charge in [0.25, 0.3) is 0 Å². The minimum absolute atomic E-state index is 0.0422. The van der Waals surface area contributed by atoms with Crippen LogP contribution in [0.15, 0.2) is 18.2 Å². The molecule has 1 aromatic carbocycles. The topological polar surface area (TPSA) is 134 Å². The molecule has 202 valence electrons. The molecule has 0 aliphatic heterocycles. The van der Waals surface area contributed by atoms with Crippen LogP contribution < -0.4 is 10.6 Å². The maximum Gasteiger partial charge on any atom is 0.408 e. The van der Waals surface area contributed by atoms with Gasteiger partial charge in [-0.15, -0.1) is 0 Å². The van der Waals surface area contributed by atoms with Crippen LogP contribution in [0.1, 0.15) is 72.1 Å². The lowest BCUT2D eigenvalue weighted by Crippen LogP contribution is -2.57. The maximum absolute atomic E-state index is 14.0. The smallest absolute Gasteiger partial charge is 0.408 e. The molecular weight excluding hydrogens is 466 g/mol. The number of hydrogen-bond donors (Lipinski definition) is 3. The van der Waals surface area contributed by atoms with Gasteiger partial charge in [-0.25, -0.2) is 4.79 Å². The number of phenols is 1. The summed E-state index contributed by atoms with van der Waals surface area (Å²) in [6, 6.07) is 2.08. The number of carbonyl (C=O) groups is 4. The molecular formula is C26H41N3O7. The monoisotopic (exact) mass is 507 g/mol. The molecule has 0 saturated heterocycles. The second kappa shape index (κ2) is 13.1. The molecule has 0 spiro atoms. The zero-order valence-corrected chi connectivity index (χ0v) is 22.8. The van der Waals surface area contributed by atoms with E-state index in [2.05, 4.69) is 15.4 Å². The van der Waals surface area contributed by atoms with Gasteiger partial charge in [0.05, 0.1) is 7.11 Å². The number of carbonyl (C=O) groups excluding carboxylic acids is 4. The van der Waals surface area contributed by atoms with Crippen LogP contribution >= 0.6 is 0 Å². The first-order valence-electron chi connectivity index (χ1n) is 12.1. The molecule has 0 bridgehead atoms. The van der Waals surface area contributed by atoms with E-state index in [0.29, 0.717) is 17.5 Å². The van der Waals surface area contributed by atoms with Crippen LogP contribution in [0.2, 0.25) is 0 Å². The van der Waals surface area contributed by atoms with Gasteiger partial charge in [-0.05, 0) is 70.2 Å². The summed E-state index contributed by atoms with van der Waals surface area (Å²) in [6.07, 6.45) is -0.230. The Labute approximate surface area is 213 Å². The number of benzene rings is 1. The van der Waals surface area contributed by atoms with E-state index in [1.54, 1.807) is 60.6 Å². The predicted octanol–water partition coefficient (Wildman–Crippen LogP) is 3.21. The highest BCUT2D eigenvalue weighted by Gasteiger charge is 2.39. The molecule has 1 aromatic rings. The third-order valence-electron chi connectivity index (χ3n) is 5.62. The molecule has 0 heterocycles. The summed E-state index contributed by atoms with van der Waals surface area (Å²) in [5, 5.41) is 15.2. The molecule has 0 fully saturated rings. The fourth-order valence-corrected chi connectivity index (χ4v) is 3.52. The number of alkyl carbamates (subject to hydrolysis) is 1. The van der Waals surface area contributed by atoms with Crippen molar-refractivity contribution < 1.29 is 33.8 Å². The third kappa shape index (κ3) is 8.73. The highest BCUT2D eigenvalue weighted by atomic mass is 16.6. The number of aromatic hydroxyl groups is 1. The second-order valence-corrected chi connectivity index (χ2v) is 10.1. The Morgan fingerprint density at radius 3 is 2.19 bits per heavy atom. The van der Waals surface area contributed by atoms with Gasteiger partial charge in [0, 0.05) is 6.04 Å². The van der Waals surface area contributed by atoms with E-state index in [1.165, 1.54) is 18.1 Å². The van der Waals surface area contributed by atoms with Gasteiger partial charge in [0.2, 0.25) is 11.8 Å². The van der Waals surface area contributed by atoms with Crippen molar-refractivity contribution in [2.24, 2.45) is 5.92 Å². The summed E-state index contributed by atoms with van der Waals surface area (Å²) in [6.45, 7) is 13.7. The number of ether oxygens (including phenoxy) is 2. The quantitative estimate of drug-likeness (QED) is 0.414. The van der Waals surface area contributed by atoms with Crippen molar-refractivity contribution in [3.8, 4) is 5.75 Å². The van der Waals surface area contributed by atoms with E-state index in [-0.39, 0.29) is 18.2 Å². The minimum Gasteiger partial charge on any atom is -0.508 e. The Hall–Kier alpha value is -3.30. The van der Waals surface area contributed by atoms with E-state index in [1.807, 2.05) is 6.92 Å². The molecule has 10 nitrogen and oxygen atoms in total. The second-order valence-electron chi connectivity index (χ2n) is 10.1. The van der Waals surface area contributed by atoms with Crippen molar-refractivity contribution in [2.75, 3.05) is 13.7 Å². The first-order valence-corrected chi connectivity index (χ1v) is 12.1. The number of aryl methyl sites for hydroxylation is 1. The summed E-state index contributed by atoms with van der Waals surface area (Å²) < 4.78 is 9.98. The molecule has 0 aliphatic rings. The molecule has 3 unspecified atom stereocenters. The molecule has 0 radical (unpaired) electrons. The number of nitrogens with zero attached hydrogens (tertiary/aromatic N) is 1. The predicted molar refractivity (Wildman–Crippen MR) is 135 cm³/mol. The van der Waals surface area contributed by atoms with Crippen LogP contribution in [0.4, 0.5) is 4.79 Å². The summed E-state index contributed by atoms with van der Waals surface area (Å²) in [4.78, 5) is 53.1. The largest absolute Gasteiger partial charge is 0.508 e. The van der Waals surface area contributed by atoms with E-state index in [4.69, 9.17) is 4.74 Å². The highest BCUT2D eigenvalue weighted by Crippen LogP contribution is 2.30. The van der Waals surface area contributed by atoms with Crippen molar-refractivity contribution in [1.29, 1.82) is 0 Å². The van der Waals surface area contributed by atoms with Crippen molar-refractivity contribution in [1.82, 2.24) is 15.5 Å². The number of nitrogens with one attached hydrogen (secondary N) is 2. The molecule has 10 heteroatoms. The number of phenolic OH excluding ortho intramolecular Hbond substituents is 1. The van der Waals surface area contributed by atoms with Gasteiger partial charge in [-0.2, -0.15) is 0 Å². The average Bonchev–Trinajstić information content (AvgIpc) is 2.78. The van der Waals surface area contributed by atoms with Crippen LogP contribution in [0, 0.1) is 12.8 Å². The molecule has 3 N–H and O–H groups in total. The summed E-state index contributed by atoms with van der Waals surface area (Å²) >= 11 is 0. The van der Waals surface area contributed by atoms with E-state index in [9.17, 15) is 24.3 Å². The van der Waals surface area contributed by atoms with Crippen LogP contribution in [-0.4, -0.2) is 65.2 Å². The van der Waals surface area contributed by atoms with Crippen LogP contribution in [0.25, 0.3) is 0 Å². The Bertz CT molecular complexity index is 940. The number of rotatable bonds is 10. The highest BCUT2D eigenvalue weighted by molar-refractivity contribution is 5.93. The number of methoxy groups -OCH3 is 1. The maximum atomic E-state index is 14.0. The zero-order chi connectivity index (χ0) is 27.8. The van der Waals surface area contributed by atoms with E-state index < -0.39 is 47.6 Å². The fraction of sp³-hybridized carbons (Fsp3) is 0.615. The first kappa shape index (κ1) is 30.7. The summed E-state index contributed by atoms with van der Waals surface area (Å²) in [7, 11) is 1.21. The SMILES string of the molecule is CCC(C)N(C(=O)C(NC(=O)OC(C)(C)C)C(C)C)C(C(=O)NCC(=O)OC)c1ccc(O)c(C)c1. The van der Waals surface area contributed by atoms with Gasteiger partial charge in [-0.3, -0.25) is 14.4 Å². The Morgan fingerprint density at radius 2 is 1.72 bits per heavy atom. The van der Waals surface area contributed by atoms with E-state index in [0.717, 1.165) is 0 Å². The normalized spacial score (nSPS) is 13.8. The van der Waals surface area contributed by atoms with Crippen molar-refractivity contribution in [3.63, 3.8) is 0 Å². The van der Waals surface area contributed by atoms with Crippen LogP contribution in [0.3, 0.4) is 0 Å². The van der Waals surface area contributed by atoms with Gasteiger partial charge < -0.3 is 30.1 Å². The zero-order valence-electron chi connectivity index (χ0n) is 22.8. The molecule has 0 aliphatic carbocycles. The molecule has 0 saturated carbocycles. The van der Waals surface area contributed by atoms with Gasteiger partial charge in [-0.1, -0.05) is 26.8 Å². The molecule has 3 atom stereocenters. The fourth-order valence-electron chi connectivity index (χ4n) is 3.52. The van der Waals surface area contributed by atoms with Crippen LogP contribution in [0.5, 0.6) is 5.75 Å². The molecule has 0 aromatic heterocycles. The standard InChI is InChI=1S/C26H41N3O7/c1-10-17(5)29(24(33)21(15(2)3)28-25(34)36-26(6,7)8)22(23(32)27-14-20(31)35-9)18-11-12-19(30)16(4)13-18/h11-13,15,17,21-22,30H,10,14H2,1-9H3,(H,27,32)(H,28,34). The van der Waals surface area contributed by atoms with Crippen molar-refractivity contribution in [3.05, 3.63) is 29.3 Å². The first-order chi connectivity index (χ1) is 16.6. The van der Waals surface area contributed by atoms with Gasteiger partial charge in [0.1, 0.15) is 30.0 Å². The Balaban J connectivity index is 3.55. The van der Waals surface area contributed by atoms with Gasteiger partial charge in [0.15, 0.2) is 0 Å². The summed E-state index contributed by atoms with van der Waals surface area (Å²) in [5.74, 6) is -2.00. The van der Waals surface area contributed by atoms with Crippen molar-refractivity contribution >= 4 is 23.9 Å². The van der Waals surface area contributed by atoms with Crippen molar-refractivity contribution in [2.45, 2.75) is 85.5 Å². The number of esters is 1. The van der Waals surface area contributed by atoms with Crippen LogP contribution in [-0.2, 0) is 23.9 Å².